The maximum absolute atomic E-state index is 5.88. The molecule has 2 rings (SSSR count). The third kappa shape index (κ3) is 3.28. The van der Waals surface area contributed by atoms with E-state index in [0.29, 0.717) is 5.92 Å². The van der Waals surface area contributed by atoms with Crippen LogP contribution in [-0.2, 0) is 0 Å². The lowest BCUT2D eigenvalue weighted by molar-refractivity contribution is 0.478. The Labute approximate surface area is 115 Å². The summed E-state index contributed by atoms with van der Waals surface area (Å²) in [7, 11) is 0. The van der Waals surface area contributed by atoms with Crippen LogP contribution in [-0.4, -0.2) is 0 Å². The third-order valence-electron chi connectivity index (χ3n) is 3.49. The minimum Gasteiger partial charge on any atom is -0.457 e. The molecule has 0 aliphatic rings. The lowest BCUT2D eigenvalue weighted by atomic mass is 9.99. The Kier molecular flexibility index (Phi) is 4.10. The smallest absolute Gasteiger partial charge is 0.130 e. The second-order valence-electron chi connectivity index (χ2n) is 5.01. The van der Waals surface area contributed by atoms with Gasteiger partial charge in [-0.25, -0.2) is 0 Å². The molecule has 0 amide bonds. The van der Waals surface area contributed by atoms with Gasteiger partial charge in [0.1, 0.15) is 11.5 Å². The summed E-state index contributed by atoms with van der Waals surface area (Å²) >= 11 is 0. The van der Waals surface area contributed by atoms with Gasteiger partial charge in [-0.1, -0.05) is 26.0 Å². The zero-order valence-corrected chi connectivity index (χ0v) is 11.8. The van der Waals surface area contributed by atoms with E-state index in [1.54, 1.807) is 0 Å². The van der Waals surface area contributed by atoms with Crippen molar-refractivity contribution in [2.24, 2.45) is 0 Å². The lowest BCUT2D eigenvalue weighted by Gasteiger charge is -2.12. The molecule has 2 heteroatoms. The summed E-state index contributed by atoms with van der Waals surface area (Å²) in [4.78, 5) is 0. The van der Waals surface area contributed by atoms with Gasteiger partial charge in [0.2, 0.25) is 0 Å². The predicted molar refractivity (Wildman–Crippen MR) is 80.8 cm³/mol. The highest BCUT2D eigenvalue weighted by Crippen LogP contribution is 2.28. The first-order valence-corrected chi connectivity index (χ1v) is 6.74. The Morgan fingerprint density at radius 1 is 1.11 bits per heavy atom. The first-order valence-electron chi connectivity index (χ1n) is 6.74. The number of benzene rings is 2. The van der Waals surface area contributed by atoms with Crippen molar-refractivity contribution < 1.29 is 4.74 Å². The van der Waals surface area contributed by atoms with E-state index in [1.165, 1.54) is 5.56 Å². The Bertz CT molecular complexity index is 546. The number of anilines is 1. The molecule has 0 fully saturated rings. The van der Waals surface area contributed by atoms with Crippen LogP contribution in [0.25, 0.3) is 0 Å². The Balaban J connectivity index is 2.15. The normalized spacial score (nSPS) is 12.2. The monoisotopic (exact) mass is 255 g/mol. The van der Waals surface area contributed by atoms with Gasteiger partial charge in [0.25, 0.3) is 0 Å². The molecule has 19 heavy (non-hydrogen) atoms. The molecule has 0 heterocycles. The first-order chi connectivity index (χ1) is 9.10. The van der Waals surface area contributed by atoms with E-state index in [1.807, 2.05) is 37.3 Å². The van der Waals surface area contributed by atoms with Gasteiger partial charge >= 0.3 is 0 Å². The highest BCUT2D eigenvalue weighted by Gasteiger charge is 2.05. The Hall–Kier alpha value is -1.96. The second-order valence-corrected chi connectivity index (χ2v) is 5.01. The fraction of sp³-hybridized carbons (Fsp3) is 0.294. The van der Waals surface area contributed by atoms with Crippen LogP contribution in [0, 0.1) is 6.92 Å². The van der Waals surface area contributed by atoms with Gasteiger partial charge in [-0.15, -0.1) is 0 Å². The van der Waals surface area contributed by atoms with Crippen molar-refractivity contribution in [1.82, 2.24) is 0 Å². The van der Waals surface area contributed by atoms with E-state index in [4.69, 9.17) is 10.5 Å². The highest BCUT2D eigenvalue weighted by atomic mass is 16.5. The maximum Gasteiger partial charge on any atom is 0.130 e. The maximum atomic E-state index is 5.88. The van der Waals surface area contributed by atoms with Crippen molar-refractivity contribution >= 4 is 5.69 Å². The van der Waals surface area contributed by atoms with E-state index in [2.05, 4.69) is 26.0 Å². The van der Waals surface area contributed by atoms with Crippen LogP contribution >= 0.6 is 0 Å². The Morgan fingerprint density at radius 2 is 1.79 bits per heavy atom. The molecule has 0 bridgehead atoms. The van der Waals surface area contributed by atoms with Crippen molar-refractivity contribution in [2.45, 2.75) is 33.1 Å². The van der Waals surface area contributed by atoms with Gasteiger partial charge in [0, 0.05) is 5.69 Å². The molecule has 1 atom stereocenters. The highest BCUT2D eigenvalue weighted by molar-refractivity contribution is 5.48. The van der Waals surface area contributed by atoms with E-state index in [9.17, 15) is 0 Å². The average Bonchev–Trinajstić information content (AvgIpc) is 2.42. The molecule has 0 aromatic heterocycles. The SMILES string of the molecule is CCC(C)c1ccc(Oc2ccc(N)cc2C)cc1. The zero-order valence-electron chi connectivity index (χ0n) is 11.8. The third-order valence-corrected chi connectivity index (χ3v) is 3.49. The second kappa shape index (κ2) is 5.79. The predicted octanol–water partition coefficient (Wildman–Crippen LogP) is 4.88. The molecule has 2 aromatic rings. The standard InChI is InChI=1S/C17H21NO/c1-4-12(2)14-5-8-16(9-6-14)19-17-10-7-15(18)11-13(17)3/h5-12H,4,18H2,1-3H3. The van der Waals surface area contributed by atoms with Gasteiger partial charge in [-0.2, -0.15) is 0 Å². The molecule has 100 valence electrons. The number of nitrogen functional groups attached to an aromatic ring is 1. The molecule has 0 radical (unpaired) electrons. The van der Waals surface area contributed by atoms with Gasteiger partial charge in [-0.3, -0.25) is 0 Å². The van der Waals surface area contributed by atoms with E-state index < -0.39 is 0 Å². The Morgan fingerprint density at radius 3 is 2.37 bits per heavy atom. The number of aryl methyl sites for hydroxylation is 1. The van der Waals surface area contributed by atoms with Crippen LogP contribution in [0.5, 0.6) is 11.5 Å². The van der Waals surface area contributed by atoms with Gasteiger partial charge in [-0.05, 0) is 60.7 Å². The molecule has 0 spiro atoms. The molecule has 0 saturated carbocycles. The van der Waals surface area contributed by atoms with Gasteiger partial charge in [0.15, 0.2) is 0 Å². The van der Waals surface area contributed by atoms with Crippen LogP contribution in [0.3, 0.4) is 0 Å². The fourth-order valence-electron chi connectivity index (χ4n) is 2.01. The van der Waals surface area contributed by atoms with E-state index in [-0.39, 0.29) is 0 Å². The summed E-state index contributed by atoms with van der Waals surface area (Å²) in [6.45, 7) is 6.44. The first kappa shape index (κ1) is 13.5. The minimum atomic E-state index is 0.590. The number of rotatable bonds is 4. The molecule has 0 aliphatic heterocycles. The quantitative estimate of drug-likeness (QED) is 0.790. The lowest BCUT2D eigenvalue weighted by Crippen LogP contribution is -1.93. The topological polar surface area (TPSA) is 35.2 Å². The van der Waals surface area contributed by atoms with Crippen molar-refractivity contribution in [3.63, 3.8) is 0 Å². The summed E-state index contributed by atoms with van der Waals surface area (Å²) in [6.07, 6.45) is 1.15. The number of ether oxygens (including phenoxy) is 1. The number of nitrogens with two attached hydrogens (primary N) is 1. The van der Waals surface area contributed by atoms with Crippen molar-refractivity contribution in [1.29, 1.82) is 0 Å². The van der Waals surface area contributed by atoms with Crippen LogP contribution in [0.2, 0.25) is 0 Å². The molecule has 2 N–H and O–H groups in total. The summed E-state index contributed by atoms with van der Waals surface area (Å²) < 4.78 is 5.88. The van der Waals surface area contributed by atoms with Crippen molar-refractivity contribution in [3.8, 4) is 11.5 Å². The molecule has 0 aliphatic carbocycles. The van der Waals surface area contributed by atoms with Gasteiger partial charge < -0.3 is 10.5 Å². The number of hydrogen-bond donors (Lipinski definition) is 1. The molecule has 2 aromatic carbocycles. The van der Waals surface area contributed by atoms with Crippen LogP contribution in [0.1, 0.15) is 37.3 Å². The molecular formula is C17H21NO. The average molecular weight is 255 g/mol. The largest absolute Gasteiger partial charge is 0.457 e. The summed E-state index contributed by atoms with van der Waals surface area (Å²) in [5.41, 5.74) is 8.89. The molecule has 0 saturated heterocycles. The molecular weight excluding hydrogens is 234 g/mol. The van der Waals surface area contributed by atoms with E-state index >= 15 is 0 Å². The zero-order chi connectivity index (χ0) is 13.8. The fourth-order valence-corrected chi connectivity index (χ4v) is 2.01. The summed E-state index contributed by atoms with van der Waals surface area (Å²) in [5, 5.41) is 0. The van der Waals surface area contributed by atoms with Crippen molar-refractivity contribution in [2.75, 3.05) is 5.73 Å². The summed E-state index contributed by atoms with van der Waals surface area (Å²) in [6, 6.07) is 14.0. The molecule has 2 nitrogen and oxygen atoms in total. The minimum absolute atomic E-state index is 0.590. The summed E-state index contributed by atoms with van der Waals surface area (Å²) in [5.74, 6) is 2.30. The van der Waals surface area contributed by atoms with Crippen LogP contribution in [0.4, 0.5) is 5.69 Å². The molecule has 1 unspecified atom stereocenters. The van der Waals surface area contributed by atoms with Crippen LogP contribution in [0.15, 0.2) is 42.5 Å². The van der Waals surface area contributed by atoms with E-state index in [0.717, 1.165) is 29.2 Å². The van der Waals surface area contributed by atoms with Gasteiger partial charge in [0.05, 0.1) is 0 Å². The van der Waals surface area contributed by atoms with Crippen LogP contribution < -0.4 is 10.5 Å². The van der Waals surface area contributed by atoms with Crippen molar-refractivity contribution in [3.05, 3.63) is 53.6 Å². The number of hydrogen-bond acceptors (Lipinski definition) is 2.